The number of nitrogens with zero attached hydrogens (tertiary/aromatic N) is 2. The van der Waals surface area contributed by atoms with Crippen molar-refractivity contribution >= 4 is 39.2 Å². The van der Waals surface area contributed by atoms with Crippen LogP contribution in [0.1, 0.15) is 29.9 Å². The second-order valence-electron chi connectivity index (χ2n) is 7.22. The van der Waals surface area contributed by atoms with Crippen molar-refractivity contribution in [3.05, 3.63) is 56.7 Å². The van der Waals surface area contributed by atoms with Crippen molar-refractivity contribution in [3.63, 3.8) is 0 Å². The van der Waals surface area contributed by atoms with Gasteiger partial charge in [0.1, 0.15) is 4.83 Å². The number of carbonyl (C=O) groups is 1. The molecule has 2 heterocycles. The summed E-state index contributed by atoms with van der Waals surface area (Å²) in [6, 6.07) is 9.85. The van der Waals surface area contributed by atoms with Gasteiger partial charge in [0.2, 0.25) is 5.91 Å². The van der Waals surface area contributed by atoms with Crippen molar-refractivity contribution in [3.8, 4) is 0 Å². The van der Waals surface area contributed by atoms with Crippen LogP contribution in [0.25, 0.3) is 10.2 Å². The molecule has 1 N–H and O–H groups in total. The predicted octanol–water partition coefficient (Wildman–Crippen LogP) is 3.99. The lowest BCUT2D eigenvalue weighted by Crippen LogP contribution is -2.29. The Balaban J connectivity index is 1.96. The molecule has 1 aromatic carbocycles. The van der Waals surface area contributed by atoms with Crippen LogP contribution in [0.2, 0.25) is 0 Å². The fraction of sp³-hybridized carbons (Fsp3) is 0.381. The zero-order chi connectivity index (χ0) is 20.3. The zero-order valence-electron chi connectivity index (χ0n) is 16.6. The summed E-state index contributed by atoms with van der Waals surface area (Å²) in [5, 5.41) is 4.19. The molecule has 0 unspecified atom stereocenters. The molecule has 0 spiro atoms. The highest BCUT2D eigenvalue weighted by atomic mass is 32.2. The Bertz CT molecular complexity index is 1040. The highest BCUT2D eigenvalue weighted by molar-refractivity contribution is 7.99. The number of hydrogen-bond donors (Lipinski definition) is 1. The number of rotatable bonds is 7. The summed E-state index contributed by atoms with van der Waals surface area (Å²) >= 11 is 2.85. The lowest BCUT2D eigenvalue weighted by molar-refractivity contribution is -0.118. The lowest BCUT2D eigenvalue weighted by Gasteiger charge is -2.13. The van der Waals surface area contributed by atoms with Gasteiger partial charge in [0.25, 0.3) is 5.56 Å². The van der Waals surface area contributed by atoms with E-state index in [0.717, 1.165) is 20.8 Å². The number of nitrogens with one attached hydrogen (secondary N) is 1. The molecule has 3 aromatic rings. The summed E-state index contributed by atoms with van der Waals surface area (Å²) in [5.74, 6) is 0.595. The zero-order valence-corrected chi connectivity index (χ0v) is 18.2. The van der Waals surface area contributed by atoms with E-state index in [1.807, 2.05) is 44.2 Å². The van der Waals surface area contributed by atoms with Gasteiger partial charge in [-0.15, -0.1) is 11.3 Å². The van der Waals surface area contributed by atoms with Gasteiger partial charge >= 0.3 is 0 Å². The van der Waals surface area contributed by atoms with E-state index in [2.05, 4.69) is 19.2 Å². The van der Waals surface area contributed by atoms with E-state index in [1.54, 1.807) is 4.57 Å². The number of carbonyl (C=O) groups excluding carboxylic acids is 1. The molecule has 0 fully saturated rings. The third-order valence-corrected chi connectivity index (χ3v) is 6.55. The first-order valence-electron chi connectivity index (χ1n) is 9.30. The summed E-state index contributed by atoms with van der Waals surface area (Å²) in [5.41, 5.74) is 1.98. The van der Waals surface area contributed by atoms with Crippen LogP contribution < -0.4 is 10.9 Å². The van der Waals surface area contributed by atoms with E-state index >= 15 is 0 Å². The van der Waals surface area contributed by atoms with Crippen LogP contribution in [-0.4, -0.2) is 27.8 Å². The normalized spacial score (nSPS) is 11.3. The van der Waals surface area contributed by atoms with E-state index in [4.69, 9.17) is 4.98 Å². The van der Waals surface area contributed by atoms with Crippen molar-refractivity contribution in [2.24, 2.45) is 5.92 Å². The monoisotopic (exact) mass is 415 g/mol. The molecular weight excluding hydrogens is 390 g/mol. The molecule has 3 rings (SSSR count). The van der Waals surface area contributed by atoms with Crippen LogP contribution in [-0.2, 0) is 11.3 Å². The van der Waals surface area contributed by atoms with E-state index in [0.29, 0.717) is 29.6 Å². The maximum absolute atomic E-state index is 13.3. The fourth-order valence-electron chi connectivity index (χ4n) is 2.82. The minimum Gasteiger partial charge on any atom is -0.355 e. The van der Waals surface area contributed by atoms with Crippen LogP contribution in [0.5, 0.6) is 0 Å². The van der Waals surface area contributed by atoms with Crippen molar-refractivity contribution in [1.82, 2.24) is 14.9 Å². The summed E-state index contributed by atoms with van der Waals surface area (Å²) in [6.45, 7) is 9.17. The lowest BCUT2D eigenvalue weighted by atomic mass is 10.2. The molecule has 148 valence electrons. The third kappa shape index (κ3) is 4.64. The number of hydrogen-bond acceptors (Lipinski definition) is 5. The van der Waals surface area contributed by atoms with Crippen LogP contribution >= 0.6 is 23.1 Å². The van der Waals surface area contributed by atoms with Gasteiger partial charge < -0.3 is 5.32 Å². The van der Waals surface area contributed by atoms with Gasteiger partial charge in [-0.05, 0) is 30.9 Å². The average Bonchev–Trinajstić information content (AvgIpc) is 2.95. The van der Waals surface area contributed by atoms with Crippen molar-refractivity contribution in [1.29, 1.82) is 0 Å². The maximum atomic E-state index is 13.3. The summed E-state index contributed by atoms with van der Waals surface area (Å²) in [7, 11) is 0. The first-order chi connectivity index (χ1) is 13.4. The molecule has 0 atom stereocenters. The second-order valence-corrected chi connectivity index (χ2v) is 9.37. The number of thiophene rings is 1. The summed E-state index contributed by atoms with van der Waals surface area (Å²) in [6.07, 6.45) is 0. The van der Waals surface area contributed by atoms with Gasteiger partial charge in [-0.3, -0.25) is 14.2 Å². The molecule has 2 aromatic heterocycles. The van der Waals surface area contributed by atoms with Gasteiger partial charge in [-0.25, -0.2) is 4.98 Å². The number of aryl methyl sites for hydroxylation is 2. The minimum atomic E-state index is -0.0437. The van der Waals surface area contributed by atoms with Gasteiger partial charge in [0.05, 0.1) is 17.7 Å². The Morgan fingerprint density at radius 2 is 1.96 bits per heavy atom. The van der Waals surface area contributed by atoms with E-state index < -0.39 is 0 Å². The molecular formula is C21H25N3O2S2. The van der Waals surface area contributed by atoms with Crippen LogP contribution in [0.15, 0.2) is 40.3 Å². The first kappa shape index (κ1) is 20.6. The molecule has 0 saturated carbocycles. The third-order valence-electron chi connectivity index (χ3n) is 4.48. The molecule has 1 amide bonds. The quantitative estimate of drug-likeness (QED) is 0.468. The van der Waals surface area contributed by atoms with E-state index in [1.165, 1.54) is 23.1 Å². The van der Waals surface area contributed by atoms with Crippen LogP contribution in [0.3, 0.4) is 0 Å². The molecule has 0 aliphatic heterocycles. The smallest absolute Gasteiger partial charge is 0.263 e. The van der Waals surface area contributed by atoms with Crippen LogP contribution in [0, 0.1) is 19.8 Å². The predicted molar refractivity (Wildman–Crippen MR) is 117 cm³/mol. The largest absolute Gasteiger partial charge is 0.355 e. The topological polar surface area (TPSA) is 64.0 Å². The Morgan fingerprint density at radius 3 is 2.64 bits per heavy atom. The van der Waals surface area contributed by atoms with Crippen LogP contribution in [0.4, 0.5) is 0 Å². The SMILES string of the molecule is Cc1sc2nc(SCC(=O)NCC(C)C)n(Cc3ccccc3)c(=O)c2c1C. The van der Waals surface area contributed by atoms with E-state index in [9.17, 15) is 9.59 Å². The number of amides is 1. The summed E-state index contributed by atoms with van der Waals surface area (Å²) in [4.78, 5) is 32.0. The molecule has 0 aliphatic rings. The molecule has 7 heteroatoms. The molecule has 28 heavy (non-hydrogen) atoms. The average molecular weight is 416 g/mol. The minimum absolute atomic E-state index is 0.0409. The highest BCUT2D eigenvalue weighted by Crippen LogP contribution is 2.28. The maximum Gasteiger partial charge on any atom is 0.263 e. The molecule has 0 bridgehead atoms. The number of thioether (sulfide) groups is 1. The van der Waals surface area contributed by atoms with Gasteiger partial charge in [-0.2, -0.15) is 0 Å². The Kier molecular flexibility index (Phi) is 6.57. The second kappa shape index (κ2) is 8.92. The fourth-order valence-corrected chi connectivity index (χ4v) is 4.72. The van der Waals surface area contributed by atoms with E-state index in [-0.39, 0.29) is 17.2 Å². The number of fused-ring (bicyclic) bond motifs is 1. The standard InChI is InChI=1S/C21H25N3O2S2/c1-13(2)10-22-17(25)12-27-21-23-19-18(14(3)15(4)28-19)20(26)24(21)11-16-8-6-5-7-9-16/h5-9,13H,10-12H2,1-4H3,(H,22,25). The van der Waals surface area contributed by atoms with Gasteiger partial charge in [0, 0.05) is 11.4 Å². The molecule has 0 saturated heterocycles. The molecule has 0 radical (unpaired) electrons. The first-order valence-corrected chi connectivity index (χ1v) is 11.1. The van der Waals surface area contributed by atoms with Crippen molar-refractivity contribution in [2.45, 2.75) is 39.4 Å². The summed E-state index contributed by atoms with van der Waals surface area (Å²) < 4.78 is 1.69. The molecule has 5 nitrogen and oxygen atoms in total. The van der Waals surface area contributed by atoms with Gasteiger partial charge in [-0.1, -0.05) is 55.9 Å². The Labute approximate surface area is 173 Å². The van der Waals surface area contributed by atoms with Crippen molar-refractivity contribution < 1.29 is 4.79 Å². The Hall–Kier alpha value is -2.12. The number of aromatic nitrogens is 2. The highest BCUT2D eigenvalue weighted by Gasteiger charge is 2.18. The number of benzene rings is 1. The molecule has 0 aliphatic carbocycles. The Morgan fingerprint density at radius 1 is 1.25 bits per heavy atom. The van der Waals surface area contributed by atoms with Gasteiger partial charge in [0.15, 0.2) is 5.16 Å². The van der Waals surface area contributed by atoms with Crippen molar-refractivity contribution in [2.75, 3.05) is 12.3 Å².